The molecule has 0 spiro atoms. The highest BCUT2D eigenvalue weighted by Gasteiger charge is 2.35. The number of carbonyl (C=O) groups excluding carboxylic acids is 1. The van der Waals surface area contributed by atoms with Crippen molar-refractivity contribution in [1.29, 1.82) is 0 Å². The molecule has 1 aliphatic heterocycles. The Balaban J connectivity index is 1.78. The van der Waals surface area contributed by atoms with Gasteiger partial charge in [0.25, 0.3) is 5.89 Å². The predicted molar refractivity (Wildman–Crippen MR) is 120 cm³/mol. The Morgan fingerprint density at radius 2 is 1.91 bits per heavy atom. The molecule has 1 atom stereocenters. The van der Waals surface area contributed by atoms with Crippen molar-refractivity contribution in [3.8, 4) is 22.9 Å². The average Bonchev–Trinajstić information content (AvgIpc) is 3.31. The molecular weight excluding hydrogens is 427 g/mol. The molecule has 1 N–H and O–H groups in total. The summed E-state index contributed by atoms with van der Waals surface area (Å²) in [5.41, 5.74) is 2.69. The fourth-order valence-corrected chi connectivity index (χ4v) is 3.85. The third-order valence-corrected chi connectivity index (χ3v) is 5.56. The van der Waals surface area contributed by atoms with Gasteiger partial charge in [0.15, 0.2) is 11.6 Å². The zero-order valence-electron chi connectivity index (χ0n) is 18.9. The first-order valence-corrected chi connectivity index (χ1v) is 10.6. The van der Waals surface area contributed by atoms with Crippen LogP contribution < -0.4 is 14.8 Å². The molecule has 2 aromatic carbocycles. The number of nitrogens with one attached hydrogen (secondary N) is 1. The van der Waals surface area contributed by atoms with Gasteiger partial charge in [0, 0.05) is 17.8 Å². The minimum Gasteiger partial charge on any atom is -0.497 e. The maximum Gasteiger partial charge on any atom is 0.322 e. The molecule has 0 saturated heterocycles. The van der Waals surface area contributed by atoms with Crippen LogP contribution in [0.2, 0.25) is 0 Å². The van der Waals surface area contributed by atoms with Crippen LogP contribution in [-0.2, 0) is 0 Å². The van der Waals surface area contributed by atoms with Crippen LogP contribution in [0.1, 0.15) is 37.8 Å². The number of hydrogen-bond acceptors (Lipinski definition) is 6. The molecule has 2 amide bonds. The number of carbonyl (C=O) groups is 1. The lowest BCUT2D eigenvalue weighted by Crippen LogP contribution is -2.46. The van der Waals surface area contributed by atoms with Gasteiger partial charge in [0.2, 0.25) is 5.82 Å². The minimum absolute atomic E-state index is 0.130. The summed E-state index contributed by atoms with van der Waals surface area (Å²) < 4.78 is 30.0. The molecule has 33 heavy (non-hydrogen) atoms. The van der Waals surface area contributed by atoms with Crippen molar-refractivity contribution >= 4 is 11.6 Å². The quantitative estimate of drug-likeness (QED) is 0.554. The summed E-state index contributed by atoms with van der Waals surface area (Å²) in [6.45, 7) is 4.40. The highest BCUT2D eigenvalue weighted by molar-refractivity contribution is 5.86. The van der Waals surface area contributed by atoms with E-state index >= 15 is 0 Å². The van der Waals surface area contributed by atoms with Gasteiger partial charge in [0.05, 0.1) is 25.8 Å². The molecule has 1 unspecified atom stereocenters. The molecule has 4 rings (SSSR count). The van der Waals surface area contributed by atoms with E-state index in [9.17, 15) is 9.18 Å². The van der Waals surface area contributed by atoms with Crippen molar-refractivity contribution in [2.45, 2.75) is 26.3 Å². The number of aromatic nitrogens is 2. The molecule has 172 valence electrons. The van der Waals surface area contributed by atoms with Crippen molar-refractivity contribution in [3.05, 3.63) is 65.4 Å². The van der Waals surface area contributed by atoms with Crippen LogP contribution in [0, 0.1) is 5.82 Å². The summed E-state index contributed by atoms with van der Waals surface area (Å²) >= 11 is 0. The van der Waals surface area contributed by atoms with Crippen molar-refractivity contribution in [2.75, 3.05) is 20.8 Å². The van der Waals surface area contributed by atoms with E-state index in [4.69, 9.17) is 14.0 Å². The van der Waals surface area contributed by atoms with Crippen LogP contribution in [0.25, 0.3) is 17.0 Å². The van der Waals surface area contributed by atoms with Gasteiger partial charge in [-0.15, -0.1) is 0 Å². The molecule has 2 heterocycles. The number of ether oxygens (including phenoxy) is 2. The van der Waals surface area contributed by atoms with Gasteiger partial charge in [-0.05, 0) is 49.2 Å². The number of methoxy groups -OCH3 is 2. The molecule has 1 aliphatic rings. The maximum atomic E-state index is 14.2. The first kappa shape index (κ1) is 22.3. The van der Waals surface area contributed by atoms with Crippen LogP contribution >= 0.6 is 0 Å². The zero-order valence-corrected chi connectivity index (χ0v) is 18.9. The van der Waals surface area contributed by atoms with Crippen LogP contribution in [0.5, 0.6) is 11.5 Å². The van der Waals surface area contributed by atoms with Crippen LogP contribution in [-0.4, -0.2) is 41.8 Å². The first-order valence-electron chi connectivity index (χ1n) is 10.6. The van der Waals surface area contributed by atoms with Crippen molar-refractivity contribution in [1.82, 2.24) is 20.4 Å². The van der Waals surface area contributed by atoms with E-state index in [1.165, 1.54) is 19.2 Å². The SMILES string of the molecule is CCCN1C(=O)NC(c2ccc(OC)cc2)C(c2nc(-c3ccc(OC)c(F)c3)no2)=C1C. The topological polar surface area (TPSA) is 89.7 Å². The van der Waals surface area contributed by atoms with Gasteiger partial charge in [-0.2, -0.15) is 4.98 Å². The second kappa shape index (κ2) is 9.32. The Morgan fingerprint density at radius 1 is 1.15 bits per heavy atom. The number of halogens is 1. The van der Waals surface area contributed by atoms with Gasteiger partial charge < -0.3 is 19.3 Å². The molecule has 0 bridgehead atoms. The van der Waals surface area contributed by atoms with Crippen molar-refractivity contribution in [3.63, 3.8) is 0 Å². The Bertz CT molecular complexity index is 1190. The van der Waals surface area contributed by atoms with E-state index in [0.29, 0.717) is 23.4 Å². The van der Waals surface area contributed by atoms with Gasteiger partial charge in [-0.3, -0.25) is 4.90 Å². The summed E-state index contributed by atoms with van der Waals surface area (Å²) in [4.78, 5) is 19.0. The largest absolute Gasteiger partial charge is 0.497 e. The third kappa shape index (κ3) is 4.26. The molecule has 9 heteroatoms. The number of urea groups is 1. The number of rotatable bonds is 7. The molecule has 0 saturated carbocycles. The van der Waals surface area contributed by atoms with E-state index < -0.39 is 11.9 Å². The van der Waals surface area contributed by atoms with E-state index in [1.807, 2.05) is 38.1 Å². The van der Waals surface area contributed by atoms with Gasteiger partial charge in [-0.1, -0.05) is 24.2 Å². The molecule has 0 fully saturated rings. The third-order valence-electron chi connectivity index (χ3n) is 5.56. The second-order valence-electron chi connectivity index (χ2n) is 7.58. The van der Waals surface area contributed by atoms with E-state index in [2.05, 4.69) is 15.5 Å². The highest BCUT2D eigenvalue weighted by Crippen LogP contribution is 2.38. The Labute approximate surface area is 191 Å². The lowest BCUT2D eigenvalue weighted by atomic mass is 9.94. The molecule has 1 aromatic heterocycles. The molecular formula is C24H25FN4O4. The molecule has 3 aromatic rings. The number of nitrogens with zero attached hydrogens (tertiary/aromatic N) is 3. The summed E-state index contributed by atoms with van der Waals surface area (Å²) in [5, 5.41) is 7.10. The molecule has 0 aliphatic carbocycles. The Kier molecular flexibility index (Phi) is 6.30. The summed E-state index contributed by atoms with van der Waals surface area (Å²) in [6, 6.07) is 11.2. The van der Waals surface area contributed by atoms with Crippen molar-refractivity contribution < 1.29 is 23.2 Å². The minimum atomic E-state index is -0.521. The van der Waals surface area contributed by atoms with Gasteiger partial charge >= 0.3 is 6.03 Å². The highest BCUT2D eigenvalue weighted by atomic mass is 19.1. The Morgan fingerprint density at radius 3 is 2.55 bits per heavy atom. The van der Waals surface area contributed by atoms with Crippen LogP contribution in [0.4, 0.5) is 9.18 Å². The maximum absolute atomic E-state index is 14.2. The lowest BCUT2D eigenvalue weighted by molar-refractivity contribution is 0.205. The second-order valence-corrected chi connectivity index (χ2v) is 7.58. The van der Waals surface area contributed by atoms with Crippen LogP contribution in [0.3, 0.4) is 0 Å². The molecule has 8 nitrogen and oxygen atoms in total. The fourth-order valence-electron chi connectivity index (χ4n) is 3.85. The number of amides is 2. The average molecular weight is 452 g/mol. The summed E-state index contributed by atoms with van der Waals surface area (Å²) in [6.07, 6.45) is 0.783. The zero-order chi connectivity index (χ0) is 23.5. The van der Waals surface area contributed by atoms with Crippen molar-refractivity contribution in [2.24, 2.45) is 0 Å². The smallest absolute Gasteiger partial charge is 0.322 e. The standard InChI is InChI=1S/C24H25FN4O4/c1-5-12-29-14(2)20(21(26-24(29)30)15-6-9-17(31-3)10-7-15)23-27-22(28-33-23)16-8-11-19(32-4)18(25)13-16/h6-11,13,21H,5,12H2,1-4H3,(H,26,30). The normalized spacial score (nSPS) is 16.1. The van der Waals surface area contributed by atoms with E-state index in [1.54, 1.807) is 18.1 Å². The first-order chi connectivity index (χ1) is 16.0. The molecule has 0 radical (unpaired) electrons. The van der Waals surface area contributed by atoms with Gasteiger partial charge in [-0.25, -0.2) is 9.18 Å². The summed E-state index contributed by atoms with van der Waals surface area (Å²) in [7, 11) is 3.00. The Hall–Kier alpha value is -3.88. The van der Waals surface area contributed by atoms with Gasteiger partial charge in [0.1, 0.15) is 5.75 Å². The number of benzene rings is 2. The summed E-state index contributed by atoms with van der Waals surface area (Å²) in [5.74, 6) is 0.801. The van der Waals surface area contributed by atoms with Crippen LogP contribution in [0.15, 0.2) is 52.7 Å². The van der Waals surface area contributed by atoms with E-state index in [0.717, 1.165) is 17.7 Å². The van der Waals surface area contributed by atoms with E-state index in [-0.39, 0.29) is 23.5 Å². The number of allylic oxidation sites excluding steroid dienone is 1. The predicted octanol–water partition coefficient (Wildman–Crippen LogP) is 4.80. The number of hydrogen-bond donors (Lipinski definition) is 1. The monoisotopic (exact) mass is 452 g/mol. The lowest BCUT2D eigenvalue weighted by Gasteiger charge is -2.35. The fraction of sp³-hybridized carbons (Fsp3) is 0.292.